The van der Waals surface area contributed by atoms with Crippen molar-refractivity contribution < 1.29 is 14.6 Å². The molecule has 92 valence electrons. The number of aldehydes is 1. The Balaban J connectivity index is 0. The predicted octanol–water partition coefficient (Wildman–Crippen LogP) is 2.41. The van der Waals surface area contributed by atoms with Crippen LogP contribution in [-0.4, -0.2) is 30.7 Å². The number of carbonyl (C=O) groups is 1. The lowest BCUT2D eigenvalue weighted by molar-refractivity contribution is -0.114. The fraction of sp³-hybridized carbons (Fsp3) is 0.917. The Labute approximate surface area is 93.8 Å². The quantitative estimate of drug-likeness (QED) is 0.724. The van der Waals surface area contributed by atoms with E-state index >= 15 is 0 Å². The Morgan fingerprint density at radius 3 is 2.20 bits per heavy atom. The van der Waals surface area contributed by atoms with Crippen LogP contribution in [0.25, 0.3) is 0 Å². The van der Waals surface area contributed by atoms with Crippen LogP contribution in [-0.2, 0) is 9.53 Å². The summed E-state index contributed by atoms with van der Waals surface area (Å²) in [6.45, 7) is 8.30. The van der Waals surface area contributed by atoms with Gasteiger partial charge in [0.2, 0.25) is 0 Å². The van der Waals surface area contributed by atoms with Crippen molar-refractivity contribution in [3.63, 3.8) is 0 Å². The van der Waals surface area contributed by atoms with Crippen molar-refractivity contribution in [1.29, 1.82) is 0 Å². The fourth-order valence-electron chi connectivity index (χ4n) is 1.81. The normalized spacial score (nSPS) is 29.1. The van der Waals surface area contributed by atoms with Gasteiger partial charge in [-0.1, -0.05) is 20.8 Å². The summed E-state index contributed by atoms with van der Waals surface area (Å²) in [6.07, 6.45) is 4.22. The Hall–Kier alpha value is -0.410. The molecule has 1 aliphatic heterocycles. The van der Waals surface area contributed by atoms with Gasteiger partial charge in [0, 0.05) is 13.5 Å². The number of carbonyl (C=O) groups excluding carboxylic acids is 1. The minimum atomic E-state index is 0.186. The van der Waals surface area contributed by atoms with Crippen LogP contribution in [0.1, 0.15) is 47.0 Å². The third kappa shape index (κ3) is 8.58. The molecule has 0 aromatic heterocycles. The molecule has 0 bridgehead atoms. The molecular weight excluding hydrogens is 192 g/mol. The minimum Gasteiger partial charge on any atom is -0.400 e. The number of aliphatic hydroxyl groups is 1. The molecule has 0 spiro atoms. The summed E-state index contributed by atoms with van der Waals surface area (Å²) in [7, 11) is 1.00. The third-order valence-electron chi connectivity index (χ3n) is 2.18. The molecule has 1 rings (SSSR count). The minimum absolute atomic E-state index is 0.186. The predicted molar refractivity (Wildman–Crippen MR) is 62.9 cm³/mol. The largest absolute Gasteiger partial charge is 0.400 e. The standard InChI is InChI=1S/C9H16O2.C2H6.CH4O/c1-7-5-8(2)11-9(6-7)3-4-10;2*1-2/h4,7-9H,3,5-6H2,1-2H3;1-2H3;2H,1H3/t7-,8?,9-;;/m1../s1. The highest BCUT2D eigenvalue weighted by atomic mass is 16.5. The van der Waals surface area contributed by atoms with E-state index < -0.39 is 0 Å². The van der Waals surface area contributed by atoms with Gasteiger partial charge in [0.1, 0.15) is 6.29 Å². The van der Waals surface area contributed by atoms with Crippen LogP contribution in [0, 0.1) is 5.92 Å². The van der Waals surface area contributed by atoms with Crippen molar-refractivity contribution >= 4 is 6.29 Å². The number of rotatable bonds is 2. The molecule has 0 aliphatic carbocycles. The molecule has 1 fully saturated rings. The molecule has 0 radical (unpaired) electrons. The maximum absolute atomic E-state index is 10.2. The SMILES string of the molecule is CC.CC1C[C@@H](C)C[C@@H](CC=O)O1.CO. The van der Waals surface area contributed by atoms with Gasteiger partial charge in [0.05, 0.1) is 12.2 Å². The highest BCUT2D eigenvalue weighted by Gasteiger charge is 2.23. The van der Waals surface area contributed by atoms with Crippen molar-refractivity contribution in [1.82, 2.24) is 0 Å². The molecule has 15 heavy (non-hydrogen) atoms. The number of ether oxygens (including phenoxy) is 1. The Kier molecular flexibility index (Phi) is 13.2. The third-order valence-corrected chi connectivity index (χ3v) is 2.18. The van der Waals surface area contributed by atoms with E-state index in [9.17, 15) is 4.79 Å². The zero-order chi connectivity index (χ0) is 12.3. The summed E-state index contributed by atoms with van der Waals surface area (Å²) in [5.41, 5.74) is 0. The van der Waals surface area contributed by atoms with Gasteiger partial charge in [0.25, 0.3) is 0 Å². The second-order valence-corrected chi connectivity index (χ2v) is 3.55. The first-order chi connectivity index (χ1) is 7.22. The van der Waals surface area contributed by atoms with E-state index in [4.69, 9.17) is 9.84 Å². The molecule has 1 aliphatic rings. The average Bonchev–Trinajstić information content (AvgIpc) is 2.23. The number of aliphatic hydroxyl groups excluding tert-OH is 1. The first-order valence-corrected chi connectivity index (χ1v) is 5.76. The van der Waals surface area contributed by atoms with Gasteiger partial charge < -0.3 is 14.6 Å². The summed E-state index contributed by atoms with van der Waals surface area (Å²) in [4.78, 5) is 10.2. The van der Waals surface area contributed by atoms with Crippen molar-refractivity contribution in [2.75, 3.05) is 7.11 Å². The van der Waals surface area contributed by atoms with Gasteiger partial charge in [-0.25, -0.2) is 0 Å². The summed E-state index contributed by atoms with van der Waals surface area (Å²) in [5, 5.41) is 7.00. The van der Waals surface area contributed by atoms with Crippen LogP contribution in [0.5, 0.6) is 0 Å². The average molecular weight is 218 g/mol. The smallest absolute Gasteiger partial charge is 0.122 e. The van der Waals surface area contributed by atoms with Crippen LogP contribution in [0.4, 0.5) is 0 Å². The van der Waals surface area contributed by atoms with Crippen LogP contribution in [0.2, 0.25) is 0 Å². The summed E-state index contributed by atoms with van der Waals surface area (Å²) >= 11 is 0. The van der Waals surface area contributed by atoms with Crippen LogP contribution in [0.3, 0.4) is 0 Å². The molecule has 0 saturated carbocycles. The molecule has 0 amide bonds. The molecule has 1 saturated heterocycles. The summed E-state index contributed by atoms with van der Waals surface area (Å²) < 4.78 is 5.57. The number of hydrogen-bond acceptors (Lipinski definition) is 3. The van der Waals surface area contributed by atoms with Gasteiger partial charge >= 0.3 is 0 Å². The zero-order valence-electron chi connectivity index (χ0n) is 10.7. The van der Waals surface area contributed by atoms with Gasteiger partial charge in [0.15, 0.2) is 0 Å². The lowest BCUT2D eigenvalue weighted by atomic mass is 9.93. The topological polar surface area (TPSA) is 46.5 Å². The Morgan fingerprint density at radius 2 is 1.80 bits per heavy atom. The second kappa shape index (κ2) is 11.7. The van der Waals surface area contributed by atoms with Crippen molar-refractivity contribution in [2.45, 2.75) is 59.2 Å². The number of hydrogen-bond donors (Lipinski definition) is 1. The first kappa shape index (κ1) is 17.0. The van der Waals surface area contributed by atoms with Gasteiger partial charge in [-0.2, -0.15) is 0 Å². The van der Waals surface area contributed by atoms with Crippen LogP contribution < -0.4 is 0 Å². The van der Waals surface area contributed by atoms with Crippen molar-refractivity contribution in [3.05, 3.63) is 0 Å². The molecule has 3 atom stereocenters. The van der Waals surface area contributed by atoms with Gasteiger partial charge in [-0.05, 0) is 25.7 Å². The van der Waals surface area contributed by atoms with E-state index in [0.29, 0.717) is 18.4 Å². The molecule has 3 nitrogen and oxygen atoms in total. The zero-order valence-corrected chi connectivity index (χ0v) is 10.7. The lowest BCUT2D eigenvalue weighted by Crippen LogP contribution is -2.30. The maximum Gasteiger partial charge on any atom is 0.122 e. The van der Waals surface area contributed by atoms with E-state index in [2.05, 4.69) is 13.8 Å². The Morgan fingerprint density at radius 1 is 1.27 bits per heavy atom. The fourth-order valence-corrected chi connectivity index (χ4v) is 1.81. The molecule has 3 heteroatoms. The van der Waals surface area contributed by atoms with Crippen LogP contribution >= 0.6 is 0 Å². The van der Waals surface area contributed by atoms with E-state index in [1.165, 1.54) is 0 Å². The molecular formula is C12H26O3. The monoisotopic (exact) mass is 218 g/mol. The molecule has 1 heterocycles. The lowest BCUT2D eigenvalue weighted by Gasteiger charge is -2.31. The summed E-state index contributed by atoms with van der Waals surface area (Å²) in [6, 6.07) is 0. The maximum atomic E-state index is 10.2. The van der Waals surface area contributed by atoms with E-state index in [1.807, 2.05) is 13.8 Å². The molecule has 1 N–H and O–H groups in total. The van der Waals surface area contributed by atoms with E-state index in [-0.39, 0.29) is 6.10 Å². The van der Waals surface area contributed by atoms with Crippen molar-refractivity contribution in [2.24, 2.45) is 5.92 Å². The summed E-state index contributed by atoms with van der Waals surface area (Å²) in [5.74, 6) is 0.712. The van der Waals surface area contributed by atoms with Crippen molar-refractivity contribution in [3.8, 4) is 0 Å². The van der Waals surface area contributed by atoms with E-state index in [0.717, 1.165) is 26.2 Å². The second-order valence-electron chi connectivity index (χ2n) is 3.55. The van der Waals surface area contributed by atoms with Gasteiger partial charge in [-0.3, -0.25) is 0 Å². The van der Waals surface area contributed by atoms with E-state index in [1.54, 1.807) is 0 Å². The first-order valence-electron chi connectivity index (χ1n) is 5.76. The van der Waals surface area contributed by atoms with Gasteiger partial charge in [-0.15, -0.1) is 0 Å². The molecule has 0 aromatic carbocycles. The molecule has 0 aromatic rings. The van der Waals surface area contributed by atoms with Crippen LogP contribution in [0.15, 0.2) is 0 Å². The highest BCUT2D eigenvalue weighted by Crippen LogP contribution is 2.25. The Bertz CT molecular complexity index is 127. The highest BCUT2D eigenvalue weighted by molar-refractivity contribution is 5.50. The molecule has 1 unspecified atom stereocenters.